The molecule has 0 amide bonds. The Labute approximate surface area is 36.2 Å². The molecule has 0 aromatic carbocycles. The molecule has 0 saturated carbocycles. The van der Waals surface area contributed by atoms with Crippen LogP contribution in [-0.4, -0.2) is 0 Å². The molecular weight excluding hydrogens is 86.0 g/mol. The first-order valence-electron chi connectivity index (χ1n) is 1.94. The van der Waals surface area contributed by atoms with Gasteiger partial charge in [0.1, 0.15) is 0 Å². The maximum atomic E-state index is 11.0. The van der Waals surface area contributed by atoms with Crippen molar-refractivity contribution in [3.63, 3.8) is 0 Å². The van der Waals surface area contributed by atoms with Gasteiger partial charge in [0.15, 0.2) is 0 Å². The average Bonchev–Trinajstić information content (AvgIpc) is 1.35. The fourth-order valence-electron chi connectivity index (χ4n) is 0.189. The second-order valence-electron chi connectivity index (χ2n) is 1.09. The maximum absolute atomic E-state index is 11.0. The molecule has 2 heteroatoms. The highest BCUT2D eigenvalue weighted by molar-refractivity contribution is 4.54. The van der Waals surface area contributed by atoms with Gasteiger partial charge in [-0.2, -0.15) is 8.78 Å². The highest BCUT2D eigenvalue weighted by Crippen LogP contribution is 2.09. The molecule has 0 aromatic rings. The van der Waals surface area contributed by atoms with Crippen LogP contribution >= 0.6 is 0 Å². The van der Waals surface area contributed by atoms with Crippen molar-refractivity contribution in [2.45, 2.75) is 19.8 Å². The van der Waals surface area contributed by atoms with Crippen LogP contribution < -0.4 is 0 Å². The van der Waals surface area contributed by atoms with Crippen molar-refractivity contribution in [1.82, 2.24) is 0 Å². The number of halogens is 2. The van der Waals surface area contributed by atoms with E-state index in [1.165, 1.54) is 0 Å². The summed E-state index contributed by atoms with van der Waals surface area (Å²) in [5.41, 5.74) is 0. The van der Waals surface area contributed by atoms with E-state index in [2.05, 4.69) is 0 Å². The lowest BCUT2D eigenvalue weighted by Gasteiger charge is -1.85. The molecule has 0 aliphatic carbocycles. The van der Waals surface area contributed by atoms with Crippen molar-refractivity contribution in [3.8, 4) is 0 Å². The largest absolute Gasteiger partial charge is 0.310 e. The summed E-state index contributed by atoms with van der Waals surface area (Å²) in [4.78, 5) is 0. The number of rotatable bonds is 2. The fourth-order valence-corrected chi connectivity index (χ4v) is 0.189. The van der Waals surface area contributed by atoms with Crippen molar-refractivity contribution >= 4 is 0 Å². The average molecular weight is 93.1 g/mol. The molecule has 0 fully saturated rings. The first-order chi connectivity index (χ1) is 2.77. The minimum Gasteiger partial charge on any atom is -0.200 e. The highest BCUT2D eigenvalue weighted by atomic mass is 19.3. The van der Waals surface area contributed by atoms with E-state index in [1.54, 1.807) is 6.92 Å². The van der Waals surface area contributed by atoms with Crippen LogP contribution in [-0.2, 0) is 0 Å². The van der Waals surface area contributed by atoms with Crippen molar-refractivity contribution in [2.75, 3.05) is 0 Å². The van der Waals surface area contributed by atoms with Crippen LogP contribution in [0.15, 0.2) is 0 Å². The molecule has 0 spiro atoms. The van der Waals surface area contributed by atoms with Gasteiger partial charge < -0.3 is 0 Å². The molecule has 0 saturated heterocycles. The molecule has 0 aliphatic heterocycles. The molecule has 0 atom stereocenters. The molecule has 0 aromatic heterocycles. The lowest BCUT2D eigenvalue weighted by Crippen LogP contribution is -1.73. The van der Waals surface area contributed by atoms with Gasteiger partial charge in [-0.25, -0.2) is 0 Å². The summed E-state index contributed by atoms with van der Waals surface area (Å²) in [7, 11) is 0. The van der Waals surface area contributed by atoms with Gasteiger partial charge in [0, 0.05) is 6.42 Å². The molecule has 0 unspecified atom stereocenters. The third-order valence-electron chi connectivity index (χ3n) is 0.439. The molecule has 0 aliphatic rings. The zero-order valence-electron chi connectivity index (χ0n) is 3.67. The van der Waals surface area contributed by atoms with Gasteiger partial charge in [-0.05, 0) is 0 Å². The van der Waals surface area contributed by atoms with E-state index < -0.39 is 6.43 Å². The Morgan fingerprint density at radius 3 is 2.00 bits per heavy atom. The minimum atomic E-state index is -1.46. The Bertz CT molecular complexity index is 26.7. The van der Waals surface area contributed by atoms with E-state index in [0.29, 0.717) is 6.42 Å². The molecule has 37 valence electrons. The fraction of sp³-hybridized carbons (Fsp3) is 0.750. The van der Waals surface area contributed by atoms with Crippen LogP contribution in [0.5, 0.6) is 0 Å². The molecule has 0 heterocycles. The first-order valence-corrected chi connectivity index (χ1v) is 1.94. The maximum Gasteiger partial charge on any atom is 0.310 e. The summed E-state index contributed by atoms with van der Waals surface area (Å²) in [5.74, 6) is 0. The highest BCUT2D eigenvalue weighted by Gasteiger charge is 1.99. The van der Waals surface area contributed by atoms with Gasteiger partial charge in [0.25, 0.3) is 0 Å². The van der Waals surface area contributed by atoms with Crippen molar-refractivity contribution < 1.29 is 8.78 Å². The zero-order valence-corrected chi connectivity index (χ0v) is 3.67. The van der Waals surface area contributed by atoms with E-state index in [0.717, 1.165) is 0 Å². The van der Waals surface area contributed by atoms with Crippen LogP contribution in [0, 0.1) is 6.43 Å². The summed E-state index contributed by atoms with van der Waals surface area (Å²) in [5, 5.41) is 0. The van der Waals surface area contributed by atoms with Crippen LogP contribution in [0.2, 0.25) is 0 Å². The van der Waals surface area contributed by atoms with Gasteiger partial charge >= 0.3 is 6.43 Å². The lowest BCUT2D eigenvalue weighted by molar-refractivity contribution is 0.269. The standard InChI is InChI=1S/C4H7F2/c1-2-3-4(5)6/h2-3H2,1H3. The molecule has 0 rings (SSSR count). The van der Waals surface area contributed by atoms with Crippen LogP contribution in [0.4, 0.5) is 8.78 Å². The van der Waals surface area contributed by atoms with Gasteiger partial charge in [0.2, 0.25) is 0 Å². The third kappa shape index (κ3) is 3.86. The topological polar surface area (TPSA) is 0 Å². The molecule has 6 heavy (non-hydrogen) atoms. The second kappa shape index (κ2) is 3.07. The van der Waals surface area contributed by atoms with Gasteiger partial charge in [-0.15, -0.1) is 0 Å². The molecule has 0 bridgehead atoms. The molecule has 0 N–H and O–H groups in total. The van der Waals surface area contributed by atoms with E-state index in [4.69, 9.17) is 0 Å². The molecule has 1 radical (unpaired) electrons. The zero-order chi connectivity index (χ0) is 4.99. The Morgan fingerprint density at radius 2 is 2.00 bits per heavy atom. The monoisotopic (exact) mass is 93.1 g/mol. The summed E-state index contributed by atoms with van der Waals surface area (Å²) < 4.78 is 21.9. The van der Waals surface area contributed by atoms with Crippen molar-refractivity contribution in [3.05, 3.63) is 6.43 Å². The van der Waals surface area contributed by atoms with E-state index >= 15 is 0 Å². The molecular formula is C4H7F2. The summed E-state index contributed by atoms with van der Waals surface area (Å²) in [6.45, 7) is 1.72. The van der Waals surface area contributed by atoms with Crippen LogP contribution in [0.25, 0.3) is 0 Å². The SMILES string of the molecule is CCC[C](F)F. The first kappa shape index (κ1) is 5.86. The second-order valence-corrected chi connectivity index (χ2v) is 1.09. The third-order valence-corrected chi connectivity index (χ3v) is 0.439. The normalized spacial score (nSPS) is 10.0. The van der Waals surface area contributed by atoms with Crippen LogP contribution in [0.1, 0.15) is 19.8 Å². The Balaban J connectivity index is 2.63. The van der Waals surface area contributed by atoms with Gasteiger partial charge in [-0.3, -0.25) is 0 Å². The Morgan fingerprint density at radius 1 is 1.50 bits per heavy atom. The summed E-state index contributed by atoms with van der Waals surface area (Å²) >= 11 is 0. The number of hydrogen-bond donors (Lipinski definition) is 0. The van der Waals surface area contributed by atoms with E-state index in [9.17, 15) is 8.78 Å². The lowest BCUT2D eigenvalue weighted by atomic mass is 10.4. The number of hydrogen-bond acceptors (Lipinski definition) is 0. The Hall–Kier alpha value is -0.140. The summed E-state index contributed by atoms with van der Waals surface area (Å²) in [6.07, 6.45) is -0.958. The quantitative estimate of drug-likeness (QED) is 0.491. The summed E-state index contributed by atoms with van der Waals surface area (Å²) in [6, 6.07) is 0. The van der Waals surface area contributed by atoms with E-state index in [1.807, 2.05) is 0 Å². The van der Waals surface area contributed by atoms with Gasteiger partial charge in [-0.1, -0.05) is 13.3 Å². The smallest absolute Gasteiger partial charge is 0.200 e. The Kier molecular flexibility index (Phi) is 2.99. The molecule has 0 nitrogen and oxygen atoms in total. The predicted molar refractivity (Wildman–Crippen MR) is 20.4 cm³/mol. The van der Waals surface area contributed by atoms with Crippen LogP contribution in [0.3, 0.4) is 0 Å². The van der Waals surface area contributed by atoms with Crippen molar-refractivity contribution in [2.24, 2.45) is 0 Å². The van der Waals surface area contributed by atoms with Crippen molar-refractivity contribution in [1.29, 1.82) is 0 Å². The van der Waals surface area contributed by atoms with Gasteiger partial charge in [0.05, 0.1) is 0 Å². The predicted octanol–water partition coefficient (Wildman–Crippen LogP) is 2.21. The van der Waals surface area contributed by atoms with E-state index in [-0.39, 0.29) is 6.42 Å². The minimum absolute atomic E-state index is 0.0417.